The van der Waals surface area contributed by atoms with E-state index in [1.807, 2.05) is 58.1 Å². The third-order valence-electron chi connectivity index (χ3n) is 7.37. The van der Waals surface area contributed by atoms with Gasteiger partial charge < -0.3 is 14.8 Å². The number of hydrogen-bond acceptors (Lipinski definition) is 4. The number of carbonyl (C=O) groups excluding carboxylic acids is 1. The Kier molecular flexibility index (Phi) is 5.09. The van der Waals surface area contributed by atoms with Crippen molar-refractivity contribution in [2.45, 2.75) is 44.2 Å². The van der Waals surface area contributed by atoms with E-state index in [2.05, 4.69) is 23.5 Å². The number of aromatic nitrogens is 2. The number of pyridine rings is 2. The van der Waals surface area contributed by atoms with E-state index in [1.54, 1.807) is 6.92 Å². The molecular formula is C28H28N4O2. The van der Waals surface area contributed by atoms with Gasteiger partial charge in [-0.15, -0.1) is 0 Å². The molecular weight excluding hydrogens is 424 g/mol. The Hall–Kier alpha value is -3.67. The summed E-state index contributed by atoms with van der Waals surface area (Å²) in [6, 6.07) is 20.8. The molecule has 1 aliphatic carbocycles. The summed E-state index contributed by atoms with van der Waals surface area (Å²) in [7, 11) is 0. The van der Waals surface area contributed by atoms with Crippen molar-refractivity contribution in [2.24, 2.45) is 0 Å². The largest absolute Gasteiger partial charge is 0.382 e. The van der Waals surface area contributed by atoms with Crippen molar-refractivity contribution < 1.29 is 4.79 Å². The monoisotopic (exact) mass is 452 g/mol. The van der Waals surface area contributed by atoms with Crippen LogP contribution in [-0.2, 0) is 4.79 Å². The molecule has 2 aromatic heterocycles. The molecule has 6 nitrogen and oxygen atoms in total. The summed E-state index contributed by atoms with van der Waals surface area (Å²) in [4.78, 5) is 32.0. The van der Waals surface area contributed by atoms with Gasteiger partial charge in [-0.05, 0) is 48.9 Å². The van der Waals surface area contributed by atoms with Gasteiger partial charge in [0.15, 0.2) is 0 Å². The number of nitrogens with zero attached hydrogens (tertiary/aromatic N) is 3. The van der Waals surface area contributed by atoms with Crippen LogP contribution in [0.4, 0.5) is 5.69 Å². The first-order chi connectivity index (χ1) is 16.6. The maximum atomic E-state index is 13.7. The van der Waals surface area contributed by atoms with Crippen LogP contribution < -0.4 is 10.9 Å². The lowest BCUT2D eigenvalue weighted by Crippen LogP contribution is -2.41. The van der Waals surface area contributed by atoms with Crippen molar-refractivity contribution in [2.75, 3.05) is 18.4 Å². The van der Waals surface area contributed by atoms with Crippen LogP contribution in [0.3, 0.4) is 0 Å². The normalized spacial score (nSPS) is 20.6. The number of carbonyl (C=O) groups is 1. The lowest BCUT2D eigenvalue weighted by molar-refractivity contribution is -0.129. The number of hydrogen-bond donors (Lipinski definition) is 1. The highest BCUT2D eigenvalue weighted by molar-refractivity contribution is 5.93. The van der Waals surface area contributed by atoms with Crippen molar-refractivity contribution in [1.82, 2.24) is 14.5 Å². The minimum absolute atomic E-state index is 0.0510. The fraction of sp³-hybridized carbons (Fsp3) is 0.321. The minimum atomic E-state index is 0.0510. The number of anilines is 1. The summed E-state index contributed by atoms with van der Waals surface area (Å²) in [6.45, 7) is 3.13. The summed E-state index contributed by atoms with van der Waals surface area (Å²) >= 11 is 0. The molecule has 172 valence electrons. The summed E-state index contributed by atoms with van der Waals surface area (Å²) in [5.41, 5.74) is 2.99. The average molecular weight is 453 g/mol. The van der Waals surface area contributed by atoms with E-state index >= 15 is 0 Å². The highest BCUT2D eigenvalue weighted by Crippen LogP contribution is 2.50. The topological polar surface area (TPSA) is 67.2 Å². The van der Waals surface area contributed by atoms with Gasteiger partial charge >= 0.3 is 0 Å². The molecule has 1 saturated heterocycles. The van der Waals surface area contributed by atoms with Crippen LogP contribution in [0.5, 0.6) is 0 Å². The molecule has 0 radical (unpaired) electrons. The van der Waals surface area contributed by atoms with Crippen LogP contribution in [0.25, 0.3) is 21.7 Å². The van der Waals surface area contributed by atoms with Gasteiger partial charge in [0.25, 0.3) is 5.56 Å². The molecule has 34 heavy (non-hydrogen) atoms. The highest BCUT2D eigenvalue weighted by Gasteiger charge is 2.41. The van der Waals surface area contributed by atoms with Gasteiger partial charge in [-0.3, -0.25) is 14.6 Å². The lowest BCUT2D eigenvalue weighted by Gasteiger charge is -2.32. The van der Waals surface area contributed by atoms with Gasteiger partial charge in [-0.1, -0.05) is 36.4 Å². The molecule has 2 atom stereocenters. The molecule has 2 aromatic carbocycles. The number of amides is 1. The summed E-state index contributed by atoms with van der Waals surface area (Å²) in [6.07, 6.45) is 4.63. The first-order valence-electron chi connectivity index (χ1n) is 12.1. The molecule has 3 heterocycles. The number of fused-ring (bicyclic) bond motifs is 2. The molecule has 2 aliphatic rings. The number of piperidine rings is 1. The third kappa shape index (κ3) is 3.73. The van der Waals surface area contributed by atoms with Crippen molar-refractivity contribution in [3.8, 4) is 0 Å². The van der Waals surface area contributed by atoms with Crippen LogP contribution in [-0.4, -0.2) is 39.5 Å². The number of nitrogens with one attached hydrogen (secondary N) is 1. The predicted octanol–water partition coefficient (Wildman–Crippen LogP) is 4.70. The van der Waals surface area contributed by atoms with Gasteiger partial charge in [0.05, 0.1) is 10.9 Å². The maximum Gasteiger partial charge on any atom is 0.260 e. The average Bonchev–Trinajstić information content (AvgIpc) is 3.65. The zero-order valence-electron chi connectivity index (χ0n) is 19.3. The second-order valence-corrected chi connectivity index (χ2v) is 9.56. The van der Waals surface area contributed by atoms with Crippen LogP contribution in [0.15, 0.2) is 71.7 Å². The fourth-order valence-corrected chi connectivity index (χ4v) is 5.34. The van der Waals surface area contributed by atoms with Gasteiger partial charge in [-0.25, -0.2) is 0 Å². The van der Waals surface area contributed by atoms with E-state index in [0.717, 1.165) is 65.4 Å². The second-order valence-electron chi connectivity index (χ2n) is 9.56. The van der Waals surface area contributed by atoms with E-state index in [1.165, 1.54) is 0 Å². The SMILES string of the molecule is CC(=O)N1CCC(Nc2cccc3ccn([C@@H]4CC4c4ccc5ccccc5n4)c(=O)c23)CC1. The van der Waals surface area contributed by atoms with Gasteiger partial charge in [0.2, 0.25) is 5.91 Å². The highest BCUT2D eigenvalue weighted by atomic mass is 16.2. The van der Waals surface area contributed by atoms with E-state index in [-0.39, 0.29) is 29.5 Å². The van der Waals surface area contributed by atoms with E-state index in [4.69, 9.17) is 4.98 Å². The van der Waals surface area contributed by atoms with Crippen molar-refractivity contribution in [1.29, 1.82) is 0 Å². The van der Waals surface area contributed by atoms with Crippen LogP contribution in [0.2, 0.25) is 0 Å². The smallest absolute Gasteiger partial charge is 0.260 e. The second kappa shape index (κ2) is 8.28. The van der Waals surface area contributed by atoms with Crippen LogP contribution in [0.1, 0.15) is 43.8 Å². The molecule has 1 N–H and O–H groups in total. The van der Waals surface area contributed by atoms with Crippen molar-refractivity contribution in [3.05, 3.63) is 82.9 Å². The Morgan fingerprint density at radius 1 is 0.971 bits per heavy atom. The summed E-state index contributed by atoms with van der Waals surface area (Å²) in [5, 5.41) is 6.44. The van der Waals surface area contributed by atoms with Crippen molar-refractivity contribution in [3.63, 3.8) is 0 Å². The first kappa shape index (κ1) is 20.9. The first-order valence-corrected chi connectivity index (χ1v) is 12.1. The fourth-order valence-electron chi connectivity index (χ4n) is 5.34. The molecule has 0 spiro atoms. The lowest BCUT2D eigenvalue weighted by atomic mass is 10.0. The summed E-state index contributed by atoms with van der Waals surface area (Å²) < 4.78 is 1.90. The Bertz CT molecular complexity index is 1450. The standard InChI is InChI=1S/C28H28N4O2/c1-18(33)31-14-12-21(13-15-31)29-25-8-4-6-20-11-16-32(28(34)27(20)25)26-17-22(26)24-10-9-19-5-2-3-7-23(19)30-24/h2-11,16,21-22,26,29H,12-15,17H2,1H3/t22?,26-/m1/s1. The van der Waals surface area contributed by atoms with E-state index in [0.29, 0.717) is 0 Å². The minimum Gasteiger partial charge on any atom is -0.382 e. The number of likely N-dealkylation sites (tertiary alicyclic amines) is 1. The van der Waals surface area contributed by atoms with E-state index < -0.39 is 0 Å². The molecule has 1 amide bonds. The van der Waals surface area contributed by atoms with Crippen LogP contribution >= 0.6 is 0 Å². The van der Waals surface area contributed by atoms with E-state index in [9.17, 15) is 9.59 Å². The molecule has 1 unspecified atom stereocenters. The Labute approximate surface area is 198 Å². The zero-order chi connectivity index (χ0) is 23.2. The molecule has 1 saturated carbocycles. The van der Waals surface area contributed by atoms with Crippen molar-refractivity contribution >= 4 is 33.3 Å². The summed E-state index contributed by atoms with van der Waals surface area (Å²) in [5.74, 6) is 0.391. The molecule has 6 heteroatoms. The van der Waals surface area contributed by atoms with Crippen LogP contribution in [0, 0.1) is 0 Å². The number of rotatable bonds is 4. The van der Waals surface area contributed by atoms with Gasteiger partial charge in [0, 0.05) is 61.0 Å². The molecule has 2 fully saturated rings. The van der Waals surface area contributed by atoms with Gasteiger partial charge in [0.1, 0.15) is 0 Å². The molecule has 0 bridgehead atoms. The van der Waals surface area contributed by atoms with Gasteiger partial charge in [-0.2, -0.15) is 0 Å². The number of para-hydroxylation sites is 1. The third-order valence-corrected chi connectivity index (χ3v) is 7.37. The predicted molar refractivity (Wildman–Crippen MR) is 135 cm³/mol. The molecule has 4 aromatic rings. The quantitative estimate of drug-likeness (QED) is 0.487. The zero-order valence-corrected chi connectivity index (χ0v) is 19.3. The Morgan fingerprint density at radius 2 is 1.76 bits per heavy atom. The molecule has 6 rings (SSSR count). The molecule has 1 aliphatic heterocycles. The Balaban J connectivity index is 1.27. The number of benzene rings is 2. The maximum absolute atomic E-state index is 13.7. The Morgan fingerprint density at radius 3 is 2.59 bits per heavy atom.